The highest BCUT2D eigenvalue weighted by Crippen LogP contribution is 2.12. The number of carbonyl (C=O) groups is 2. The van der Waals surface area contributed by atoms with Crippen molar-refractivity contribution >= 4 is 11.9 Å². The lowest BCUT2D eigenvalue weighted by molar-refractivity contribution is -0.00772. The van der Waals surface area contributed by atoms with E-state index in [1.54, 1.807) is 55.6 Å². The molecule has 5 nitrogen and oxygen atoms in total. The van der Waals surface area contributed by atoms with Gasteiger partial charge >= 0.3 is 11.9 Å². The van der Waals surface area contributed by atoms with Crippen molar-refractivity contribution in [3.05, 3.63) is 71.8 Å². The molecular formula is C21H24O5. The number of ether oxygens (including phenoxy) is 3. The monoisotopic (exact) mass is 356 g/mol. The van der Waals surface area contributed by atoms with Crippen molar-refractivity contribution in [2.75, 3.05) is 13.7 Å². The summed E-state index contributed by atoms with van der Waals surface area (Å²) in [6.07, 6.45) is 0.715. The molecule has 0 aliphatic carbocycles. The Bertz CT molecular complexity index is 684. The van der Waals surface area contributed by atoms with Crippen LogP contribution >= 0.6 is 0 Å². The van der Waals surface area contributed by atoms with E-state index in [1.807, 2.05) is 19.1 Å². The number of esters is 2. The smallest absolute Gasteiger partial charge is 0.338 e. The maximum atomic E-state index is 12.3. The van der Waals surface area contributed by atoms with Gasteiger partial charge in [0.2, 0.25) is 0 Å². The number of hydrogen-bond acceptors (Lipinski definition) is 5. The standard InChI is InChI=1S/C21H24O5/c1-16(24-2)13-14-19(26-21(23)18-11-7-4-8-12-18)15-25-20(22)17-9-5-3-6-10-17/h3-12,16,19H,13-15H2,1-2H3/t16?,19-/m1/s1. The van der Waals surface area contributed by atoms with E-state index in [0.29, 0.717) is 24.0 Å². The van der Waals surface area contributed by atoms with Crippen LogP contribution in [0.1, 0.15) is 40.5 Å². The van der Waals surface area contributed by atoms with Crippen molar-refractivity contribution in [3.63, 3.8) is 0 Å². The molecule has 0 spiro atoms. The summed E-state index contributed by atoms with van der Waals surface area (Å²) in [5.41, 5.74) is 0.928. The first kappa shape index (κ1) is 19.7. The number of hydrogen-bond donors (Lipinski definition) is 0. The molecule has 0 fully saturated rings. The summed E-state index contributed by atoms with van der Waals surface area (Å²) in [4.78, 5) is 24.4. The molecule has 0 N–H and O–H groups in total. The summed E-state index contributed by atoms with van der Waals surface area (Å²) >= 11 is 0. The Morgan fingerprint density at radius 3 is 1.92 bits per heavy atom. The molecule has 1 unspecified atom stereocenters. The zero-order valence-electron chi connectivity index (χ0n) is 15.1. The lowest BCUT2D eigenvalue weighted by Crippen LogP contribution is -2.26. The minimum Gasteiger partial charge on any atom is -0.458 e. The molecule has 2 aromatic rings. The van der Waals surface area contributed by atoms with Crippen LogP contribution in [0.2, 0.25) is 0 Å². The van der Waals surface area contributed by atoms with Gasteiger partial charge in [0.1, 0.15) is 12.7 Å². The van der Waals surface area contributed by atoms with Gasteiger partial charge in [0.05, 0.1) is 17.2 Å². The van der Waals surface area contributed by atoms with Crippen LogP contribution < -0.4 is 0 Å². The third-order valence-electron chi connectivity index (χ3n) is 3.99. The van der Waals surface area contributed by atoms with Gasteiger partial charge in [0, 0.05) is 7.11 Å². The van der Waals surface area contributed by atoms with E-state index in [-0.39, 0.29) is 12.7 Å². The fourth-order valence-electron chi connectivity index (χ4n) is 2.33. The third kappa shape index (κ3) is 6.33. The van der Waals surface area contributed by atoms with Crippen LogP contribution in [-0.2, 0) is 14.2 Å². The molecule has 26 heavy (non-hydrogen) atoms. The summed E-state index contributed by atoms with van der Waals surface area (Å²) in [5, 5.41) is 0. The predicted molar refractivity (Wildman–Crippen MR) is 98.1 cm³/mol. The van der Waals surface area contributed by atoms with E-state index in [0.717, 1.165) is 0 Å². The van der Waals surface area contributed by atoms with E-state index in [1.165, 1.54) is 0 Å². The molecule has 0 aliphatic heterocycles. The van der Waals surface area contributed by atoms with Gasteiger partial charge in [-0.1, -0.05) is 36.4 Å². The molecule has 0 aliphatic rings. The Balaban J connectivity index is 1.96. The van der Waals surface area contributed by atoms with E-state index >= 15 is 0 Å². The van der Waals surface area contributed by atoms with Gasteiger partial charge < -0.3 is 14.2 Å². The van der Waals surface area contributed by atoms with E-state index in [2.05, 4.69) is 0 Å². The second-order valence-corrected chi connectivity index (χ2v) is 5.98. The van der Waals surface area contributed by atoms with Gasteiger partial charge in [0.25, 0.3) is 0 Å². The highest BCUT2D eigenvalue weighted by molar-refractivity contribution is 5.90. The SMILES string of the molecule is COC(C)CC[C@H](COC(=O)c1ccccc1)OC(=O)c1ccccc1. The fraction of sp³-hybridized carbons (Fsp3) is 0.333. The molecular weight excluding hydrogens is 332 g/mol. The molecule has 0 radical (unpaired) electrons. The molecule has 0 aromatic heterocycles. The molecule has 0 amide bonds. The average molecular weight is 356 g/mol. The van der Waals surface area contributed by atoms with Gasteiger partial charge in [-0.2, -0.15) is 0 Å². The summed E-state index contributed by atoms with van der Waals surface area (Å²) in [7, 11) is 1.63. The summed E-state index contributed by atoms with van der Waals surface area (Å²) in [5.74, 6) is -0.873. The zero-order chi connectivity index (χ0) is 18.8. The first-order valence-electron chi connectivity index (χ1n) is 8.61. The van der Waals surface area contributed by atoms with Crippen molar-refractivity contribution in [3.8, 4) is 0 Å². The van der Waals surface area contributed by atoms with Crippen LogP contribution in [0.25, 0.3) is 0 Å². The molecule has 0 bridgehead atoms. The normalized spacial score (nSPS) is 12.8. The number of benzene rings is 2. The van der Waals surface area contributed by atoms with Crippen LogP contribution in [0.4, 0.5) is 0 Å². The van der Waals surface area contributed by atoms with Gasteiger partial charge in [-0.05, 0) is 44.0 Å². The van der Waals surface area contributed by atoms with Crippen molar-refractivity contribution in [2.24, 2.45) is 0 Å². The fourth-order valence-corrected chi connectivity index (χ4v) is 2.33. The van der Waals surface area contributed by atoms with Crippen LogP contribution in [-0.4, -0.2) is 37.9 Å². The van der Waals surface area contributed by atoms with Crippen LogP contribution in [0, 0.1) is 0 Å². The van der Waals surface area contributed by atoms with Crippen LogP contribution in [0.3, 0.4) is 0 Å². The quantitative estimate of drug-likeness (QED) is 0.638. The van der Waals surface area contributed by atoms with Crippen molar-refractivity contribution in [1.29, 1.82) is 0 Å². The highest BCUT2D eigenvalue weighted by Gasteiger charge is 2.19. The topological polar surface area (TPSA) is 61.8 Å². The Morgan fingerprint density at radius 2 is 1.38 bits per heavy atom. The molecule has 2 atom stereocenters. The lowest BCUT2D eigenvalue weighted by atomic mass is 10.1. The summed E-state index contributed by atoms with van der Waals surface area (Å²) < 4.78 is 16.1. The number of rotatable bonds is 9. The predicted octanol–water partition coefficient (Wildman–Crippen LogP) is 3.88. The molecule has 0 saturated heterocycles. The van der Waals surface area contributed by atoms with Gasteiger partial charge in [-0.25, -0.2) is 9.59 Å². The first-order valence-corrected chi connectivity index (χ1v) is 8.61. The number of carbonyl (C=O) groups excluding carboxylic acids is 2. The average Bonchev–Trinajstić information content (AvgIpc) is 2.70. The van der Waals surface area contributed by atoms with E-state index in [9.17, 15) is 9.59 Å². The van der Waals surface area contributed by atoms with Gasteiger partial charge in [-0.15, -0.1) is 0 Å². The molecule has 2 rings (SSSR count). The van der Waals surface area contributed by atoms with Crippen molar-refractivity contribution in [2.45, 2.75) is 32.0 Å². The largest absolute Gasteiger partial charge is 0.458 e. The minimum absolute atomic E-state index is 0.00271. The van der Waals surface area contributed by atoms with Crippen LogP contribution in [0.5, 0.6) is 0 Å². The second kappa shape index (κ2) is 10.4. The molecule has 0 saturated carbocycles. The van der Waals surface area contributed by atoms with Crippen molar-refractivity contribution < 1.29 is 23.8 Å². The van der Waals surface area contributed by atoms with Crippen molar-refractivity contribution in [1.82, 2.24) is 0 Å². The Labute approximate surface area is 153 Å². The zero-order valence-corrected chi connectivity index (χ0v) is 15.1. The summed E-state index contributed by atoms with van der Waals surface area (Å²) in [6.45, 7) is 1.94. The van der Waals surface area contributed by atoms with Gasteiger partial charge in [-0.3, -0.25) is 0 Å². The number of methoxy groups -OCH3 is 1. The Kier molecular flexibility index (Phi) is 7.83. The maximum absolute atomic E-state index is 12.3. The van der Waals surface area contributed by atoms with E-state index < -0.39 is 18.0 Å². The molecule has 5 heteroatoms. The Hall–Kier alpha value is -2.66. The van der Waals surface area contributed by atoms with Gasteiger partial charge in [0.15, 0.2) is 0 Å². The molecule has 138 valence electrons. The third-order valence-corrected chi connectivity index (χ3v) is 3.99. The minimum atomic E-state index is -0.534. The highest BCUT2D eigenvalue weighted by atomic mass is 16.6. The Morgan fingerprint density at radius 1 is 0.846 bits per heavy atom. The second-order valence-electron chi connectivity index (χ2n) is 5.98. The first-order chi connectivity index (χ1) is 12.6. The summed E-state index contributed by atoms with van der Waals surface area (Å²) in [6, 6.07) is 17.5. The van der Waals surface area contributed by atoms with Crippen LogP contribution in [0.15, 0.2) is 60.7 Å². The van der Waals surface area contributed by atoms with E-state index in [4.69, 9.17) is 14.2 Å². The molecule has 2 aromatic carbocycles. The maximum Gasteiger partial charge on any atom is 0.338 e. The lowest BCUT2D eigenvalue weighted by Gasteiger charge is -2.19. The molecule has 0 heterocycles.